The van der Waals surface area contributed by atoms with Gasteiger partial charge in [-0.25, -0.2) is 0 Å². The first-order chi connectivity index (χ1) is 15.0. The number of hydrogen-bond donors (Lipinski definition) is 3. The molecule has 0 heterocycles. The van der Waals surface area contributed by atoms with Gasteiger partial charge in [-0.2, -0.15) is 0 Å². The second-order valence-corrected chi connectivity index (χ2v) is 11.2. The zero-order valence-corrected chi connectivity index (χ0v) is 19.9. The number of nitrogens with zero attached hydrogens (tertiary/aromatic N) is 1. The van der Waals surface area contributed by atoms with Crippen LogP contribution < -0.4 is 39.4 Å². The van der Waals surface area contributed by atoms with Gasteiger partial charge in [-0.3, -0.25) is 20.4 Å². The monoisotopic (exact) mass is 468 g/mol. The summed E-state index contributed by atoms with van der Waals surface area (Å²) in [7, 11) is 0.0764. The molecule has 0 fully saturated rings. The molecule has 5 nitrogen and oxygen atoms in total. The molecule has 0 spiro atoms. The Labute approximate surface area is 197 Å². The highest BCUT2D eigenvalue weighted by Crippen LogP contribution is 2.55. The van der Waals surface area contributed by atoms with Gasteiger partial charge in [0.15, 0.2) is 5.96 Å². The number of rotatable bonds is 9. The van der Waals surface area contributed by atoms with E-state index in [2.05, 4.69) is 96.3 Å². The normalized spacial score (nSPS) is 10.9. The molecule has 0 unspecified atom stereocenters. The van der Waals surface area contributed by atoms with Gasteiger partial charge in [0.25, 0.3) is 0 Å². The molecule has 3 rings (SSSR count). The van der Waals surface area contributed by atoms with E-state index < -0.39 is 7.26 Å². The number of amides is 1. The van der Waals surface area contributed by atoms with E-state index in [9.17, 15) is 4.79 Å². The van der Waals surface area contributed by atoms with Crippen LogP contribution in [0.5, 0.6) is 0 Å². The van der Waals surface area contributed by atoms with Crippen molar-refractivity contribution in [1.29, 1.82) is 5.41 Å². The Morgan fingerprint density at radius 1 is 0.875 bits per heavy atom. The first-order valence-electron chi connectivity index (χ1n) is 10.4. The van der Waals surface area contributed by atoms with Crippen LogP contribution in [0.25, 0.3) is 0 Å². The highest BCUT2D eigenvalue weighted by atomic mass is 35.5. The van der Waals surface area contributed by atoms with Crippen LogP contribution in [0.1, 0.15) is 6.42 Å². The maximum Gasteiger partial charge on any atom is 0.240 e. The van der Waals surface area contributed by atoms with E-state index in [0.29, 0.717) is 0 Å². The molecule has 0 radical (unpaired) electrons. The minimum atomic E-state index is -1.85. The van der Waals surface area contributed by atoms with Gasteiger partial charge in [0.1, 0.15) is 23.2 Å². The molecule has 0 aliphatic rings. The molecule has 4 N–H and O–H groups in total. The van der Waals surface area contributed by atoms with E-state index in [0.717, 1.165) is 19.1 Å². The molecule has 1 amide bonds. The third-order valence-electron chi connectivity index (χ3n) is 5.31. The lowest BCUT2D eigenvalue weighted by atomic mass is 10.3. The summed E-state index contributed by atoms with van der Waals surface area (Å²) in [5.41, 5.74) is 5.26. The van der Waals surface area contributed by atoms with Crippen molar-refractivity contribution in [3.8, 4) is 0 Å². The Balaban J connectivity index is 0.00000363. The lowest BCUT2D eigenvalue weighted by Gasteiger charge is -2.28. The Morgan fingerprint density at radius 2 is 1.28 bits per heavy atom. The van der Waals surface area contributed by atoms with Crippen LogP contribution in [0.15, 0.2) is 91.0 Å². The second kappa shape index (κ2) is 12.4. The van der Waals surface area contributed by atoms with Crippen LogP contribution >= 0.6 is 7.26 Å². The third-order valence-corrected chi connectivity index (χ3v) is 9.84. The van der Waals surface area contributed by atoms with E-state index in [1.54, 1.807) is 0 Å². The summed E-state index contributed by atoms with van der Waals surface area (Å²) in [5.74, 6) is -0.578. The number of nitrogens with two attached hydrogens (primary N) is 1. The average Bonchev–Trinajstić information content (AvgIpc) is 2.78. The number of guanidine groups is 1. The van der Waals surface area contributed by atoms with Crippen LogP contribution in [-0.4, -0.2) is 43.1 Å². The largest absolute Gasteiger partial charge is 1.00 e. The summed E-state index contributed by atoms with van der Waals surface area (Å²) < 4.78 is 0. The van der Waals surface area contributed by atoms with Crippen molar-refractivity contribution >= 4 is 35.0 Å². The van der Waals surface area contributed by atoms with E-state index in [-0.39, 0.29) is 30.8 Å². The summed E-state index contributed by atoms with van der Waals surface area (Å²) in [6, 6.07) is 32.4. The predicted molar refractivity (Wildman–Crippen MR) is 132 cm³/mol. The maximum atomic E-state index is 11.9. The Bertz CT molecular complexity index is 890. The number of hydrogen-bond acceptors (Lipinski definition) is 3. The smallest absolute Gasteiger partial charge is 0.240 e. The quantitative estimate of drug-likeness (QED) is 0.221. The molecule has 0 saturated carbocycles. The molecular formula is C25H30ClN4OP. The number of carbonyl (C=O) groups is 1. The molecule has 0 aliphatic heterocycles. The highest BCUT2D eigenvalue weighted by Gasteiger charge is 2.44. The van der Waals surface area contributed by atoms with Crippen molar-refractivity contribution in [3.63, 3.8) is 0 Å². The fraction of sp³-hybridized carbons (Fsp3) is 0.200. The zero-order valence-electron chi connectivity index (χ0n) is 18.2. The molecule has 3 aromatic rings. The molecule has 0 saturated heterocycles. The summed E-state index contributed by atoms with van der Waals surface area (Å²) >= 11 is 0. The van der Waals surface area contributed by atoms with Crippen molar-refractivity contribution < 1.29 is 17.2 Å². The second-order valence-electron chi connectivity index (χ2n) is 7.59. The lowest BCUT2D eigenvalue weighted by molar-refractivity contribution is -0.120. The Morgan fingerprint density at radius 3 is 1.66 bits per heavy atom. The van der Waals surface area contributed by atoms with Crippen molar-refractivity contribution in [2.75, 3.05) is 26.3 Å². The number of likely N-dealkylation sites (N-methyl/N-ethyl adjacent to an activating group) is 1. The molecule has 7 heteroatoms. The number of halogens is 1. The van der Waals surface area contributed by atoms with Gasteiger partial charge in [-0.1, -0.05) is 54.6 Å². The molecular weight excluding hydrogens is 439 g/mol. The number of nitrogens with one attached hydrogen (secondary N) is 2. The molecule has 0 aromatic heterocycles. The maximum absolute atomic E-state index is 11.9. The molecule has 168 valence electrons. The Hall–Kier alpha value is -2.72. The van der Waals surface area contributed by atoms with E-state index >= 15 is 0 Å². The van der Waals surface area contributed by atoms with Gasteiger partial charge in [0.05, 0.1) is 12.7 Å². The molecule has 3 aromatic carbocycles. The fourth-order valence-corrected chi connectivity index (χ4v) is 8.30. The minimum Gasteiger partial charge on any atom is -1.00 e. The van der Waals surface area contributed by atoms with Crippen molar-refractivity contribution in [2.45, 2.75) is 6.42 Å². The molecule has 0 atom stereocenters. The van der Waals surface area contributed by atoms with Crippen LogP contribution in [0, 0.1) is 5.41 Å². The van der Waals surface area contributed by atoms with E-state index in [1.807, 2.05) is 11.9 Å². The summed E-state index contributed by atoms with van der Waals surface area (Å²) in [5, 5.41) is 13.6. The Kier molecular flexibility index (Phi) is 9.86. The molecule has 0 aliphatic carbocycles. The summed E-state index contributed by atoms with van der Waals surface area (Å²) in [4.78, 5) is 13.9. The van der Waals surface area contributed by atoms with Crippen LogP contribution in [0.2, 0.25) is 0 Å². The standard InChI is InChI=1S/C25H29N4OP.ClH/c1-29(20-24(30)28-25(26)27)18-11-19-31(21-12-5-2-6-13-21,22-14-7-3-8-15-22)23-16-9-4-10-17-23;/h2-10,12-17H,11,18-20H2,1H3,(H3-,26,27,28,30);1H. The van der Waals surface area contributed by atoms with Gasteiger partial charge in [-0.05, 0) is 49.9 Å². The molecule has 32 heavy (non-hydrogen) atoms. The predicted octanol–water partition coefficient (Wildman–Crippen LogP) is -0.684. The SMILES string of the molecule is CN(CCC[P+](c1ccccc1)(c1ccccc1)c1ccccc1)CC(=O)NC(=N)N.[Cl-]. The van der Waals surface area contributed by atoms with Crippen LogP contribution in [0.4, 0.5) is 0 Å². The van der Waals surface area contributed by atoms with Crippen LogP contribution in [-0.2, 0) is 4.79 Å². The van der Waals surface area contributed by atoms with Crippen molar-refractivity contribution in [3.05, 3.63) is 91.0 Å². The van der Waals surface area contributed by atoms with Crippen molar-refractivity contribution in [1.82, 2.24) is 10.2 Å². The topological polar surface area (TPSA) is 82.2 Å². The van der Waals surface area contributed by atoms with Gasteiger partial charge >= 0.3 is 0 Å². The van der Waals surface area contributed by atoms with Gasteiger partial charge in [-0.15, -0.1) is 0 Å². The minimum absolute atomic E-state index is 0. The first kappa shape index (κ1) is 25.5. The first-order valence-corrected chi connectivity index (χ1v) is 12.4. The van der Waals surface area contributed by atoms with Gasteiger partial charge < -0.3 is 18.1 Å². The molecule has 0 bridgehead atoms. The highest BCUT2D eigenvalue weighted by molar-refractivity contribution is 7.95. The summed E-state index contributed by atoms with van der Waals surface area (Å²) in [6.45, 7) is 0.993. The number of carbonyl (C=O) groups excluding carboxylic acids is 1. The van der Waals surface area contributed by atoms with E-state index in [4.69, 9.17) is 11.1 Å². The van der Waals surface area contributed by atoms with Crippen molar-refractivity contribution in [2.24, 2.45) is 5.73 Å². The van der Waals surface area contributed by atoms with Gasteiger partial charge in [0, 0.05) is 6.54 Å². The van der Waals surface area contributed by atoms with E-state index in [1.165, 1.54) is 15.9 Å². The zero-order chi connectivity index (χ0) is 22.1. The summed E-state index contributed by atoms with van der Waals surface area (Å²) in [6.07, 6.45) is 1.94. The van der Waals surface area contributed by atoms with Gasteiger partial charge in [0.2, 0.25) is 5.91 Å². The number of benzene rings is 3. The van der Waals surface area contributed by atoms with Crippen LogP contribution in [0.3, 0.4) is 0 Å². The third kappa shape index (κ3) is 6.39. The lowest BCUT2D eigenvalue weighted by Crippen LogP contribution is -3.00. The fourth-order valence-electron chi connectivity index (χ4n) is 3.97. The average molecular weight is 469 g/mol.